The van der Waals surface area contributed by atoms with E-state index in [2.05, 4.69) is 5.10 Å². The summed E-state index contributed by atoms with van der Waals surface area (Å²) in [5.74, 6) is -0.0920. The lowest BCUT2D eigenvalue weighted by Gasteiger charge is -2.39. The zero-order chi connectivity index (χ0) is 22.8. The molecule has 1 aliphatic heterocycles. The average molecular weight is 456 g/mol. The van der Waals surface area contributed by atoms with Crippen LogP contribution in [0.4, 0.5) is 4.79 Å². The Bertz CT molecular complexity index is 1160. The highest BCUT2D eigenvalue weighted by atomic mass is 35.5. The van der Waals surface area contributed by atoms with Crippen molar-refractivity contribution in [3.63, 3.8) is 0 Å². The molecule has 0 bridgehead atoms. The molecule has 1 atom stereocenters. The van der Waals surface area contributed by atoms with Crippen LogP contribution < -0.4 is 0 Å². The summed E-state index contributed by atoms with van der Waals surface area (Å²) >= 11 is 6.49. The van der Waals surface area contributed by atoms with Gasteiger partial charge in [-0.15, -0.1) is 0 Å². The highest BCUT2D eigenvalue weighted by Crippen LogP contribution is 2.29. The lowest BCUT2D eigenvalue weighted by Crippen LogP contribution is -2.55. The summed E-state index contributed by atoms with van der Waals surface area (Å²) in [7, 11) is 1.84. The summed E-state index contributed by atoms with van der Waals surface area (Å²) in [6, 6.07) is 7.06. The number of benzene rings is 1. The fourth-order valence-corrected chi connectivity index (χ4v) is 4.16. The maximum Gasteiger partial charge on any atom is 0.409 e. The van der Waals surface area contributed by atoms with Gasteiger partial charge in [-0.25, -0.2) is 9.78 Å². The Morgan fingerprint density at radius 2 is 2.06 bits per heavy atom. The molecule has 4 rings (SSSR count). The molecule has 8 nitrogen and oxygen atoms in total. The number of rotatable bonds is 4. The Morgan fingerprint density at radius 3 is 2.75 bits per heavy atom. The van der Waals surface area contributed by atoms with Crippen molar-refractivity contribution in [1.29, 1.82) is 0 Å². The van der Waals surface area contributed by atoms with Crippen LogP contribution >= 0.6 is 11.6 Å². The maximum atomic E-state index is 13.3. The van der Waals surface area contributed by atoms with Gasteiger partial charge in [0.25, 0.3) is 5.91 Å². The number of carbonyl (C=O) groups is 2. The molecule has 2 amide bonds. The molecule has 1 aromatic carbocycles. The molecule has 0 saturated carbocycles. The summed E-state index contributed by atoms with van der Waals surface area (Å²) in [6.45, 7) is 5.63. The van der Waals surface area contributed by atoms with Crippen molar-refractivity contribution in [2.45, 2.75) is 26.3 Å². The minimum atomic E-state index is -0.321. The molecule has 1 saturated heterocycles. The van der Waals surface area contributed by atoms with Crippen molar-refractivity contribution < 1.29 is 14.3 Å². The average Bonchev–Trinajstić information content (AvgIpc) is 3.22. The molecule has 32 heavy (non-hydrogen) atoms. The Kier molecular flexibility index (Phi) is 6.32. The quantitative estimate of drug-likeness (QED) is 0.594. The van der Waals surface area contributed by atoms with Gasteiger partial charge in [0.05, 0.1) is 29.0 Å². The van der Waals surface area contributed by atoms with Crippen LogP contribution in [0, 0.1) is 0 Å². The lowest BCUT2D eigenvalue weighted by atomic mass is 10.1. The molecule has 3 aromatic rings. The van der Waals surface area contributed by atoms with Crippen LogP contribution in [0.1, 0.15) is 30.6 Å². The highest BCUT2D eigenvalue weighted by molar-refractivity contribution is 6.35. The number of aryl methyl sites for hydroxylation is 1. The second-order valence-electron chi connectivity index (χ2n) is 8.03. The van der Waals surface area contributed by atoms with E-state index in [9.17, 15) is 9.59 Å². The monoisotopic (exact) mass is 455 g/mol. The third kappa shape index (κ3) is 4.41. The standard InChI is InChI=1S/C23H26ClN5O3/c1-4-9-32-23(31)28-7-8-29(15(2)13-28)22(30)16-5-6-18-19(24)11-20(26-21(18)10-16)17-12-25-27(3)14-17/h5-6,10-12,14-15H,4,7-9,13H2,1-3H3/t15-/m0/s1. The van der Waals surface area contributed by atoms with E-state index in [1.54, 1.807) is 38.9 Å². The van der Waals surface area contributed by atoms with Crippen molar-refractivity contribution in [2.24, 2.45) is 7.05 Å². The van der Waals surface area contributed by atoms with E-state index in [1.165, 1.54) is 0 Å². The van der Waals surface area contributed by atoms with Crippen molar-refractivity contribution >= 4 is 34.5 Å². The molecule has 0 N–H and O–H groups in total. The zero-order valence-electron chi connectivity index (χ0n) is 18.4. The molecular formula is C23H26ClN5O3. The van der Waals surface area contributed by atoms with E-state index in [4.69, 9.17) is 21.3 Å². The SMILES string of the molecule is CCCOC(=O)N1CCN(C(=O)c2ccc3c(Cl)cc(-c4cnn(C)c4)nc3c2)[C@@H](C)C1. The first kappa shape index (κ1) is 22.1. The van der Waals surface area contributed by atoms with Crippen LogP contribution in [0.2, 0.25) is 5.02 Å². The van der Waals surface area contributed by atoms with Gasteiger partial charge in [-0.3, -0.25) is 9.48 Å². The fourth-order valence-electron chi connectivity index (χ4n) is 3.89. The topological polar surface area (TPSA) is 80.6 Å². The van der Waals surface area contributed by atoms with Gasteiger partial charge >= 0.3 is 6.09 Å². The second-order valence-corrected chi connectivity index (χ2v) is 8.44. The third-order valence-electron chi connectivity index (χ3n) is 5.58. The molecule has 168 valence electrons. The van der Waals surface area contributed by atoms with Crippen molar-refractivity contribution in [3.8, 4) is 11.3 Å². The molecule has 0 radical (unpaired) electrons. The Hall–Kier alpha value is -3.13. The van der Waals surface area contributed by atoms with E-state index in [0.29, 0.717) is 48.0 Å². The van der Waals surface area contributed by atoms with Crippen LogP contribution in [0.15, 0.2) is 36.7 Å². The number of hydrogen-bond donors (Lipinski definition) is 0. The Balaban J connectivity index is 1.55. The number of aromatic nitrogens is 3. The molecule has 0 spiro atoms. The molecule has 3 heterocycles. The summed E-state index contributed by atoms with van der Waals surface area (Å²) < 4.78 is 6.93. The number of carbonyl (C=O) groups excluding carboxylic acids is 2. The smallest absolute Gasteiger partial charge is 0.409 e. The first-order valence-electron chi connectivity index (χ1n) is 10.7. The maximum absolute atomic E-state index is 13.3. The third-order valence-corrected chi connectivity index (χ3v) is 5.90. The van der Waals surface area contributed by atoms with Gasteiger partial charge in [-0.2, -0.15) is 5.10 Å². The highest BCUT2D eigenvalue weighted by Gasteiger charge is 2.31. The molecule has 1 fully saturated rings. The predicted molar refractivity (Wildman–Crippen MR) is 123 cm³/mol. The van der Waals surface area contributed by atoms with Gasteiger partial charge in [0.1, 0.15) is 0 Å². The van der Waals surface area contributed by atoms with Gasteiger partial charge in [0.15, 0.2) is 0 Å². The van der Waals surface area contributed by atoms with Crippen LogP contribution in [0.25, 0.3) is 22.2 Å². The Labute approximate surface area is 191 Å². The van der Waals surface area contributed by atoms with Crippen LogP contribution in [0.5, 0.6) is 0 Å². The second kappa shape index (κ2) is 9.16. The number of amides is 2. The number of piperazine rings is 1. The fraction of sp³-hybridized carbons (Fsp3) is 0.391. The number of pyridine rings is 1. The number of fused-ring (bicyclic) bond motifs is 1. The minimum absolute atomic E-state index is 0.0920. The van der Waals surface area contributed by atoms with E-state index in [0.717, 1.165) is 17.4 Å². The van der Waals surface area contributed by atoms with Crippen LogP contribution in [-0.4, -0.2) is 68.8 Å². The molecule has 9 heteroatoms. The van der Waals surface area contributed by atoms with Crippen LogP contribution in [-0.2, 0) is 11.8 Å². The number of halogens is 1. The first-order chi connectivity index (χ1) is 15.4. The summed E-state index contributed by atoms with van der Waals surface area (Å²) in [4.78, 5) is 33.6. The van der Waals surface area contributed by atoms with E-state index >= 15 is 0 Å². The molecule has 0 aliphatic carbocycles. The molecular weight excluding hydrogens is 430 g/mol. The van der Waals surface area contributed by atoms with Crippen LogP contribution in [0.3, 0.4) is 0 Å². The molecule has 1 aliphatic rings. The lowest BCUT2D eigenvalue weighted by molar-refractivity contribution is 0.0414. The van der Waals surface area contributed by atoms with Gasteiger partial charge in [0, 0.05) is 55.4 Å². The van der Waals surface area contributed by atoms with Crippen molar-refractivity contribution in [2.75, 3.05) is 26.2 Å². The van der Waals surface area contributed by atoms with Gasteiger partial charge in [-0.05, 0) is 31.5 Å². The van der Waals surface area contributed by atoms with Crippen molar-refractivity contribution in [1.82, 2.24) is 24.6 Å². The Morgan fingerprint density at radius 1 is 1.25 bits per heavy atom. The van der Waals surface area contributed by atoms with E-state index in [-0.39, 0.29) is 18.0 Å². The number of nitrogens with zero attached hydrogens (tertiary/aromatic N) is 5. The summed E-state index contributed by atoms with van der Waals surface area (Å²) in [5.41, 5.74) is 2.75. The largest absolute Gasteiger partial charge is 0.449 e. The summed E-state index contributed by atoms with van der Waals surface area (Å²) in [5, 5.41) is 5.54. The first-order valence-corrected chi connectivity index (χ1v) is 11.1. The van der Waals surface area contributed by atoms with Gasteiger partial charge < -0.3 is 14.5 Å². The van der Waals surface area contributed by atoms with E-state index < -0.39 is 0 Å². The van der Waals surface area contributed by atoms with Gasteiger partial charge in [0.2, 0.25) is 0 Å². The van der Waals surface area contributed by atoms with E-state index in [1.807, 2.05) is 33.2 Å². The number of ether oxygens (including phenoxy) is 1. The minimum Gasteiger partial charge on any atom is -0.449 e. The molecule has 2 aromatic heterocycles. The normalized spacial score (nSPS) is 16.4. The van der Waals surface area contributed by atoms with Gasteiger partial charge in [-0.1, -0.05) is 24.6 Å². The predicted octanol–water partition coefficient (Wildman–Crippen LogP) is 3.98. The number of hydrogen-bond acceptors (Lipinski definition) is 5. The molecule has 0 unspecified atom stereocenters. The summed E-state index contributed by atoms with van der Waals surface area (Å²) in [6.07, 6.45) is 4.05. The van der Waals surface area contributed by atoms with Crippen molar-refractivity contribution in [3.05, 3.63) is 47.2 Å². The zero-order valence-corrected chi connectivity index (χ0v) is 19.2.